The molecule has 0 amide bonds. The highest BCUT2D eigenvalue weighted by atomic mass is 16.3. The molecule has 1 heterocycles. The fraction of sp³-hybridized carbons (Fsp3) is 0.727. The first-order chi connectivity index (χ1) is 6.61. The van der Waals surface area contributed by atoms with E-state index in [0.29, 0.717) is 5.92 Å². The van der Waals surface area contributed by atoms with Crippen LogP contribution in [0.4, 0.5) is 0 Å². The number of hydrogen-bond acceptors (Lipinski definition) is 2. The minimum absolute atomic E-state index is 0.220. The fourth-order valence-corrected chi connectivity index (χ4v) is 1.88. The second-order valence-electron chi connectivity index (χ2n) is 3.91. The molecule has 0 saturated heterocycles. The zero-order valence-electron chi connectivity index (χ0n) is 9.54. The summed E-state index contributed by atoms with van der Waals surface area (Å²) in [5.74, 6) is 0.641. The van der Waals surface area contributed by atoms with E-state index >= 15 is 0 Å². The van der Waals surface area contributed by atoms with Crippen LogP contribution in [0.3, 0.4) is 0 Å². The highest BCUT2D eigenvalue weighted by Crippen LogP contribution is 2.27. The molecule has 0 spiro atoms. The van der Waals surface area contributed by atoms with Gasteiger partial charge in [-0.05, 0) is 19.3 Å². The molecule has 1 N–H and O–H groups in total. The maximum atomic E-state index is 9.69. The second kappa shape index (κ2) is 4.49. The van der Waals surface area contributed by atoms with Crippen molar-refractivity contribution in [2.75, 3.05) is 0 Å². The monoisotopic (exact) mass is 196 g/mol. The van der Waals surface area contributed by atoms with Crippen molar-refractivity contribution < 1.29 is 5.11 Å². The van der Waals surface area contributed by atoms with Gasteiger partial charge in [-0.1, -0.05) is 27.2 Å². The molecule has 0 fully saturated rings. The predicted octanol–water partition coefficient (Wildman–Crippen LogP) is 2.68. The number of aryl methyl sites for hydroxylation is 1. The Morgan fingerprint density at radius 1 is 1.36 bits per heavy atom. The third-order valence-corrected chi connectivity index (χ3v) is 2.42. The van der Waals surface area contributed by atoms with E-state index in [4.69, 9.17) is 0 Å². The summed E-state index contributed by atoms with van der Waals surface area (Å²) >= 11 is 0. The SMILES string of the molecule is CCCc1c(O)nn(CC)c1C(C)C. The van der Waals surface area contributed by atoms with Crippen LogP contribution in [0.1, 0.15) is 51.3 Å². The number of hydrogen-bond donors (Lipinski definition) is 1. The van der Waals surface area contributed by atoms with Gasteiger partial charge < -0.3 is 5.11 Å². The molecule has 3 nitrogen and oxygen atoms in total. The van der Waals surface area contributed by atoms with Gasteiger partial charge in [0.15, 0.2) is 0 Å². The molecule has 0 aliphatic carbocycles. The van der Waals surface area contributed by atoms with Crippen molar-refractivity contribution >= 4 is 0 Å². The summed E-state index contributed by atoms with van der Waals surface area (Å²) in [7, 11) is 0. The summed E-state index contributed by atoms with van der Waals surface area (Å²) < 4.78 is 1.91. The lowest BCUT2D eigenvalue weighted by atomic mass is 10.0. The van der Waals surface area contributed by atoms with Gasteiger partial charge in [-0.25, -0.2) is 0 Å². The zero-order chi connectivity index (χ0) is 10.7. The minimum Gasteiger partial charge on any atom is -0.492 e. The van der Waals surface area contributed by atoms with E-state index in [-0.39, 0.29) is 5.88 Å². The Hall–Kier alpha value is -0.990. The van der Waals surface area contributed by atoms with E-state index in [1.165, 1.54) is 5.69 Å². The van der Waals surface area contributed by atoms with Crippen LogP contribution in [0.15, 0.2) is 0 Å². The molecule has 0 unspecified atom stereocenters. The molecule has 3 heteroatoms. The first-order valence-electron chi connectivity index (χ1n) is 5.40. The Morgan fingerprint density at radius 3 is 2.43 bits per heavy atom. The molecular formula is C11H20N2O. The normalized spacial score (nSPS) is 11.2. The lowest BCUT2D eigenvalue weighted by Crippen LogP contribution is -2.05. The maximum absolute atomic E-state index is 9.69. The van der Waals surface area contributed by atoms with Crippen molar-refractivity contribution in [1.82, 2.24) is 9.78 Å². The van der Waals surface area contributed by atoms with Crippen molar-refractivity contribution in [3.05, 3.63) is 11.3 Å². The molecule has 0 atom stereocenters. The van der Waals surface area contributed by atoms with Crippen LogP contribution in [0.2, 0.25) is 0 Å². The van der Waals surface area contributed by atoms with Crippen molar-refractivity contribution in [2.24, 2.45) is 0 Å². The molecule has 1 aromatic heterocycles. The predicted molar refractivity (Wildman–Crippen MR) is 57.6 cm³/mol. The molecule has 0 aliphatic heterocycles. The lowest BCUT2D eigenvalue weighted by Gasteiger charge is -2.10. The van der Waals surface area contributed by atoms with E-state index in [1.54, 1.807) is 0 Å². The molecule has 1 rings (SSSR count). The third-order valence-electron chi connectivity index (χ3n) is 2.42. The first-order valence-corrected chi connectivity index (χ1v) is 5.40. The largest absolute Gasteiger partial charge is 0.492 e. The van der Waals surface area contributed by atoms with Gasteiger partial charge in [0.25, 0.3) is 0 Å². The third kappa shape index (κ3) is 1.91. The van der Waals surface area contributed by atoms with Crippen LogP contribution >= 0.6 is 0 Å². The van der Waals surface area contributed by atoms with Gasteiger partial charge in [-0.2, -0.15) is 0 Å². The number of nitrogens with zero attached hydrogens (tertiary/aromatic N) is 2. The van der Waals surface area contributed by atoms with Crippen LogP contribution in [0, 0.1) is 0 Å². The molecule has 80 valence electrons. The van der Waals surface area contributed by atoms with Gasteiger partial charge in [-0.15, -0.1) is 5.10 Å². The smallest absolute Gasteiger partial charge is 0.233 e. The number of aromatic nitrogens is 2. The number of rotatable bonds is 4. The van der Waals surface area contributed by atoms with E-state index in [2.05, 4.69) is 25.9 Å². The Kier molecular flexibility index (Phi) is 3.55. The van der Waals surface area contributed by atoms with Gasteiger partial charge in [-0.3, -0.25) is 4.68 Å². The quantitative estimate of drug-likeness (QED) is 0.804. The Balaban J connectivity index is 3.16. The van der Waals surface area contributed by atoms with Gasteiger partial charge in [0, 0.05) is 17.8 Å². The summed E-state index contributed by atoms with van der Waals surface area (Å²) in [5.41, 5.74) is 2.22. The summed E-state index contributed by atoms with van der Waals surface area (Å²) in [6, 6.07) is 0. The summed E-state index contributed by atoms with van der Waals surface area (Å²) in [4.78, 5) is 0. The van der Waals surface area contributed by atoms with Gasteiger partial charge in [0.1, 0.15) is 0 Å². The standard InChI is InChI=1S/C11H20N2O/c1-5-7-9-10(8(3)4)13(6-2)12-11(9)14/h8H,5-7H2,1-4H3,(H,12,14). The lowest BCUT2D eigenvalue weighted by molar-refractivity contribution is 0.434. The van der Waals surface area contributed by atoms with Crippen LogP contribution in [0.25, 0.3) is 0 Å². The van der Waals surface area contributed by atoms with Crippen LogP contribution in [0.5, 0.6) is 5.88 Å². The van der Waals surface area contributed by atoms with Gasteiger partial charge in [0.2, 0.25) is 5.88 Å². The van der Waals surface area contributed by atoms with Crippen molar-refractivity contribution in [2.45, 2.75) is 53.0 Å². The Bertz CT molecular complexity index is 302. The molecule has 0 bridgehead atoms. The molecular weight excluding hydrogens is 176 g/mol. The maximum Gasteiger partial charge on any atom is 0.233 e. The van der Waals surface area contributed by atoms with E-state index in [0.717, 1.165) is 24.9 Å². The van der Waals surface area contributed by atoms with E-state index < -0.39 is 0 Å². The zero-order valence-corrected chi connectivity index (χ0v) is 9.54. The highest BCUT2D eigenvalue weighted by Gasteiger charge is 2.17. The van der Waals surface area contributed by atoms with Crippen molar-refractivity contribution in [3.63, 3.8) is 0 Å². The summed E-state index contributed by atoms with van der Waals surface area (Å²) in [6.07, 6.45) is 1.96. The molecule has 14 heavy (non-hydrogen) atoms. The van der Waals surface area contributed by atoms with Crippen molar-refractivity contribution in [3.8, 4) is 5.88 Å². The van der Waals surface area contributed by atoms with Crippen LogP contribution in [-0.4, -0.2) is 14.9 Å². The Labute approximate surface area is 85.8 Å². The molecule has 0 radical (unpaired) electrons. The summed E-state index contributed by atoms with van der Waals surface area (Å²) in [5, 5.41) is 13.8. The highest BCUT2D eigenvalue weighted by molar-refractivity contribution is 5.32. The van der Waals surface area contributed by atoms with Gasteiger partial charge >= 0.3 is 0 Å². The first kappa shape index (κ1) is 11.1. The number of aromatic hydroxyl groups is 1. The fourth-order valence-electron chi connectivity index (χ4n) is 1.88. The van der Waals surface area contributed by atoms with Crippen LogP contribution in [-0.2, 0) is 13.0 Å². The molecule has 0 aromatic carbocycles. The molecule has 1 aromatic rings. The van der Waals surface area contributed by atoms with Gasteiger partial charge in [0.05, 0.1) is 0 Å². The molecule has 0 aliphatic rings. The molecule has 0 saturated carbocycles. The average Bonchev–Trinajstić information content (AvgIpc) is 2.44. The Morgan fingerprint density at radius 2 is 2.00 bits per heavy atom. The summed E-state index contributed by atoms with van der Waals surface area (Å²) in [6.45, 7) is 9.27. The van der Waals surface area contributed by atoms with Crippen molar-refractivity contribution in [1.29, 1.82) is 0 Å². The topological polar surface area (TPSA) is 38.1 Å². The van der Waals surface area contributed by atoms with E-state index in [1.807, 2.05) is 11.6 Å². The average molecular weight is 196 g/mol. The van der Waals surface area contributed by atoms with E-state index in [9.17, 15) is 5.11 Å². The minimum atomic E-state index is 0.220. The van der Waals surface area contributed by atoms with Crippen LogP contribution < -0.4 is 0 Å². The second-order valence-corrected chi connectivity index (χ2v) is 3.91.